The molecule has 2 N–H and O–H groups in total. The summed E-state index contributed by atoms with van der Waals surface area (Å²) in [7, 11) is 0. The maximum absolute atomic E-state index is 13.5. The molecular weight excluding hydrogens is 231 g/mol. The normalized spacial score (nSPS) is 26.2. The van der Waals surface area contributed by atoms with Gasteiger partial charge in [0.25, 0.3) is 0 Å². The fourth-order valence-corrected chi connectivity index (χ4v) is 2.15. The molecule has 1 aromatic carbocycles. The predicted octanol–water partition coefficient (Wildman–Crippen LogP) is 2.53. The number of hydrogen-bond acceptors (Lipinski definition) is 2. The van der Waals surface area contributed by atoms with Crippen LogP contribution in [0, 0.1) is 23.4 Å². The molecule has 1 aliphatic rings. The van der Waals surface area contributed by atoms with Crippen LogP contribution in [0.25, 0.3) is 0 Å². The molecule has 1 aliphatic heterocycles. The van der Waals surface area contributed by atoms with Crippen molar-refractivity contribution in [1.29, 1.82) is 0 Å². The van der Waals surface area contributed by atoms with Crippen molar-refractivity contribution >= 4 is 0 Å². The Hall–Kier alpha value is -1.07. The van der Waals surface area contributed by atoms with Crippen LogP contribution in [0.3, 0.4) is 0 Å². The van der Waals surface area contributed by atoms with Crippen molar-refractivity contribution < 1.29 is 17.9 Å². The topological polar surface area (TPSA) is 35.2 Å². The minimum Gasteiger partial charge on any atom is -0.376 e. The van der Waals surface area contributed by atoms with Crippen LogP contribution in [-0.4, -0.2) is 12.7 Å². The van der Waals surface area contributed by atoms with E-state index in [1.54, 1.807) is 0 Å². The van der Waals surface area contributed by atoms with Crippen molar-refractivity contribution in [3.05, 3.63) is 35.1 Å². The fourth-order valence-electron chi connectivity index (χ4n) is 2.15. The summed E-state index contributed by atoms with van der Waals surface area (Å²) in [5.74, 6) is -3.74. The Morgan fingerprint density at radius 2 is 2.00 bits per heavy atom. The summed E-state index contributed by atoms with van der Waals surface area (Å²) in [6.45, 7) is 2.50. The van der Waals surface area contributed by atoms with E-state index >= 15 is 0 Å². The van der Waals surface area contributed by atoms with Crippen molar-refractivity contribution in [2.24, 2.45) is 11.7 Å². The van der Waals surface area contributed by atoms with Gasteiger partial charge in [-0.3, -0.25) is 0 Å². The highest BCUT2D eigenvalue weighted by Crippen LogP contribution is 2.31. The first kappa shape index (κ1) is 12.4. The summed E-state index contributed by atoms with van der Waals surface area (Å²) < 4.78 is 44.8. The van der Waals surface area contributed by atoms with Crippen molar-refractivity contribution in [1.82, 2.24) is 0 Å². The van der Waals surface area contributed by atoms with Gasteiger partial charge in [0.1, 0.15) is 0 Å². The van der Waals surface area contributed by atoms with Gasteiger partial charge in [-0.05, 0) is 18.4 Å². The zero-order valence-corrected chi connectivity index (χ0v) is 9.42. The van der Waals surface area contributed by atoms with E-state index in [-0.39, 0.29) is 17.6 Å². The van der Waals surface area contributed by atoms with Gasteiger partial charge in [-0.15, -0.1) is 0 Å². The quantitative estimate of drug-likeness (QED) is 0.812. The number of halogens is 3. The Kier molecular flexibility index (Phi) is 3.40. The first-order chi connectivity index (χ1) is 8.02. The van der Waals surface area contributed by atoms with Crippen LogP contribution in [0.15, 0.2) is 12.1 Å². The number of nitrogens with two attached hydrogens (primary N) is 1. The maximum atomic E-state index is 13.5. The lowest BCUT2D eigenvalue weighted by Gasteiger charge is -2.23. The molecule has 1 fully saturated rings. The Bertz CT molecular complexity index is 424. The van der Waals surface area contributed by atoms with Crippen LogP contribution in [0.2, 0.25) is 0 Å². The van der Waals surface area contributed by atoms with Crippen LogP contribution in [0.1, 0.15) is 24.9 Å². The molecule has 1 aromatic rings. The van der Waals surface area contributed by atoms with Gasteiger partial charge < -0.3 is 10.5 Å². The molecular formula is C12H14F3NO. The Balaban J connectivity index is 2.31. The fraction of sp³-hybridized carbons (Fsp3) is 0.500. The highest BCUT2D eigenvalue weighted by atomic mass is 19.2. The minimum atomic E-state index is -1.48. The number of ether oxygens (including phenoxy) is 1. The molecule has 0 aromatic heterocycles. The van der Waals surface area contributed by atoms with E-state index in [0.717, 1.165) is 12.5 Å². The van der Waals surface area contributed by atoms with E-state index in [9.17, 15) is 13.2 Å². The van der Waals surface area contributed by atoms with E-state index in [1.165, 1.54) is 6.07 Å². The van der Waals surface area contributed by atoms with Crippen LogP contribution in [0.4, 0.5) is 13.2 Å². The van der Waals surface area contributed by atoms with Gasteiger partial charge in [-0.1, -0.05) is 13.0 Å². The second kappa shape index (κ2) is 4.66. The first-order valence-corrected chi connectivity index (χ1v) is 5.53. The Morgan fingerprint density at radius 1 is 1.29 bits per heavy atom. The average molecular weight is 245 g/mol. The summed E-state index contributed by atoms with van der Waals surface area (Å²) in [6.07, 6.45) is 0.485. The molecule has 5 heteroatoms. The number of rotatable bonds is 2. The summed E-state index contributed by atoms with van der Waals surface area (Å²) in [5, 5.41) is 0. The van der Waals surface area contributed by atoms with Crippen molar-refractivity contribution in [2.75, 3.05) is 6.61 Å². The SMILES string of the molecule is CC1CCOC1C(N)c1ccc(F)c(F)c1F. The third kappa shape index (κ3) is 2.17. The second-order valence-corrected chi connectivity index (χ2v) is 4.39. The summed E-state index contributed by atoms with van der Waals surface area (Å²) in [4.78, 5) is 0. The monoisotopic (exact) mass is 245 g/mol. The molecule has 0 saturated carbocycles. The lowest BCUT2D eigenvalue weighted by Crippen LogP contribution is -2.30. The first-order valence-electron chi connectivity index (χ1n) is 5.53. The molecule has 0 aliphatic carbocycles. The molecule has 3 unspecified atom stereocenters. The molecule has 0 bridgehead atoms. The third-order valence-electron chi connectivity index (χ3n) is 3.22. The van der Waals surface area contributed by atoms with Crippen LogP contribution in [0.5, 0.6) is 0 Å². The van der Waals surface area contributed by atoms with Crippen LogP contribution in [-0.2, 0) is 4.74 Å². The molecule has 0 amide bonds. The van der Waals surface area contributed by atoms with Gasteiger partial charge in [-0.2, -0.15) is 0 Å². The molecule has 2 rings (SSSR count). The standard InChI is InChI=1S/C12H14F3NO/c1-6-4-5-17-12(6)11(16)7-2-3-8(13)10(15)9(7)14/h2-3,6,11-12H,4-5,16H2,1H3. The molecule has 1 heterocycles. The summed E-state index contributed by atoms with van der Waals surface area (Å²) in [5.41, 5.74) is 5.82. The van der Waals surface area contributed by atoms with E-state index in [1.807, 2.05) is 6.92 Å². The molecule has 0 spiro atoms. The van der Waals surface area contributed by atoms with Crippen molar-refractivity contribution in [2.45, 2.75) is 25.5 Å². The molecule has 2 nitrogen and oxygen atoms in total. The van der Waals surface area contributed by atoms with Gasteiger partial charge in [0.15, 0.2) is 17.5 Å². The van der Waals surface area contributed by atoms with Gasteiger partial charge in [0.05, 0.1) is 12.1 Å². The van der Waals surface area contributed by atoms with Gasteiger partial charge >= 0.3 is 0 Å². The Labute approximate surface area is 97.6 Å². The number of hydrogen-bond donors (Lipinski definition) is 1. The maximum Gasteiger partial charge on any atom is 0.194 e. The zero-order chi connectivity index (χ0) is 12.6. The van der Waals surface area contributed by atoms with E-state index in [4.69, 9.17) is 10.5 Å². The van der Waals surface area contributed by atoms with E-state index < -0.39 is 23.5 Å². The Morgan fingerprint density at radius 3 is 2.59 bits per heavy atom. The van der Waals surface area contributed by atoms with E-state index in [0.29, 0.717) is 6.61 Å². The average Bonchev–Trinajstić information content (AvgIpc) is 2.72. The summed E-state index contributed by atoms with van der Waals surface area (Å²) in [6, 6.07) is 1.28. The zero-order valence-electron chi connectivity index (χ0n) is 9.42. The summed E-state index contributed by atoms with van der Waals surface area (Å²) >= 11 is 0. The second-order valence-electron chi connectivity index (χ2n) is 4.39. The van der Waals surface area contributed by atoms with Gasteiger partial charge in [-0.25, -0.2) is 13.2 Å². The molecule has 17 heavy (non-hydrogen) atoms. The minimum absolute atomic E-state index is 0.0392. The molecule has 1 saturated heterocycles. The van der Waals surface area contributed by atoms with E-state index in [2.05, 4.69) is 0 Å². The highest BCUT2D eigenvalue weighted by molar-refractivity contribution is 5.24. The molecule has 94 valence electrons. The van der Waals surface area contributed by atoms with Crippen molar-refractivity contribution in [3.63, 3.8) is 0 Å². The van der Waals surface area contributed by atoms with Crippen LogP contribution < -0.4 is 5.73 Å². The lowest BCUT2D eigenvalue weighted by atomic mass is 9.93. The highest BCUT2D eigenvalue weighted by Gasteiger charge is 2.33. The van der Waals surface area contributed by atoms with Crippen LogP contribution >= 0.6 is 0 Å². The van der Waals surface area contributed by atoms with Gasteiger partial charge in [0.2, 0.25) is 0 Å². The lowest BCUT2D eigenvalue weighted by molar-refractivity contribution is 0.0712. The smallest absolute Gasteiger partial charge is 0.194 e. The molecule has 3 atom stereocenters. The third-order valence-corrected chi connectivity index (χ3v) is 3.22. The number of benzene rings is 1. The van der Waals surface area contributed by atoms with Crippen molar-refractivity contribution in [3.8, 4) is 0 Å². The molecule has 0 radical (unpaired) electrons. The predicted molar refractivity (Wildman–Crippen MR) is 56.8 cm³/mol. The largest absolute Gasteiger partial charge is 0.376 e. The van der Waals surface area contributed by atoms with Gasteiger partial charge in [0, 0.05) is 12.2 Å².